The van der Waals surface area contributed by atoms with E-state index in [1.165, 1.54) is 5.56 Å². The average Bonchev–Trinajstić information content (AvgIpc) is 2.34. The van der Waals surface area contributed by atoms with Crippen LogP contribution < -0.4 is 4.74 Å². The van der Waals surface area contributed by atoms with Crippen LogP contribution in [0.1, 0.15) is 37.5 Å². The number of hydrogen-bond donors (Lipinski definition) is 0. The van der Waals surface area contributed by atoms with E-state index in [-0.39, 0.29) is 10.7 Å². The van der Waals surface area contributed by atoms with Crippen molar-refractivity contribution < 1.29 is 4.74 Å². The van der Waals surface area contributed by atoms with Gasteiger partial charge in [0.05, 0.1) is 0 Å². The predicted octanol–water partition coefficient (Wildman–Crippen LogP) is 4.84. The Hall–Kier alpha value is -1.61. The first-order chi connectivity index (χ1) is 9.27. The van der Waals surface area contributed by atoms with Crippen LogP contribution in [-0.2, 0) is 5.41 Å². The van der Waals surface area contributed by atoms with Crippen molar-refractivity contribution in [2.45, 2.75) is 40.0 Å². The first kappa shape index (κ1) is 14.8. The fourth-order valence-electron chi connectivity index (χ4n) is 1.93. The summed E-state index contributed by atoms with van der Waals surface area (Å²) in [6.45, 7) is 10.5. The zero-order valence-electron chi connectivity index (χ0n) is 12.5. The lowest BCUT2D eigenvalue weighted by Crippen LogP contribution is -2.13. The smallest absolute Gasteiger partial charge is 0.226 e. The number of ether oxygens (including phenoxy) is 1. The number of rotatable bonds is 2. The Morgan fingerprint density at radius 1 is 1.15 bits per heavy atom. The number of aromatic nitrogens is 2. The summed E-state index contributed by atoms with van der Waals surface area (Å²) in [4.78, 5) is 8.09. The molecule has 106 valence electrons. The van der Waals surface area contributed by atoms with Crippen molar-refractivity contribution in [2.75, 3.05) is 0 Å². The maximum Gasteiger partial charge on any atom is 0.226 e. The third-order valence-electron chi connectivity index (χ3n) is 3.05. The summed E-state index contributed by atoms with van der Waals surface area (Å²) in [5.74, 6) is 1.31. The molecule has 20 heavy (non-hydrogen) atoms. The summed E-state index contributed by atoms with van der Waals surface area (Å²) in [6.07, 6.45) is 1.66. The minimum Gasteiger partial charge on any atom is -0.438 e. The number of nitrogens with zero attached hydrogens (tertiary/aromatic N) is 2. The molecule has 0 atom stereocenters. The fourth-order valence-corrected chi connectivity index (χ4v) is 2.06. The molecule has 1 aromatic heterocycles. The molecule has 0 amide bonds. The van der Waals surface area contributed by atoms with E-state index in [1.807, 2.05) is 19.1 Å². The second-order valence-corrected chi connectivity index (χ2v) is 6.32. The summed E-state index contributed by atoms with van der Waals surface area (Å²) < 4.78 is 5.97. The molecular formula is C16H19ClN2O. The number of halogens is 1. The SMILES string of the molecule is Cc1ccc(Oc2nc(Cl)ncc2C)c(C(C)(C)C)c1. The van der Waals surface area contributed by atoms with Gasteiger partial charge in [0.15, 0.2) is 0 Å². The van der Waals surface area contributed by atoms with E-state index in [2.05, 4.69) is 43.7 Å². The fraction of sp³-hybridized carbons (Fsp3) is 0.375. The third-order valence-corrected chi connectivity index (χ3v) is 3.23. The van der Waals surface area contributed by atoms with E-state index in [1.54, 1.807) is 6.20 Å². The van der Waals surface area contributed by atoms with E-state index < -0.39 is 0 Å². The molecule has 0 radical (unpaired) electrons. The van der Waals surface area contributed by atoms with Gasteiger partial charge in [0.25, 0.3) is 0 Å². The van der Waals surface area contributed by atoms with Crippen molar-refractivity contribution in [1.29, 1.82) is 0 Å². The molecule has 0 aliphatic heterocycles. The molecule has 1 aromatic carbocycles. The third kappa shape index (κ3) is 3.28. The van der Waals surface area contributed by atoms with Crippen LogP contribution in [0.5, 0.6) is 11.6 Å². The molecule has 3 nitrogen and oxygen atoms in total. The van der Waals surface area contributed by atoms with Gasteiger partial charge in [-0.2, -0.15) is 4.98 Å². The normalized spacial score (nSPS) is 11.5. The van der Waals surface area contributed by atoms with Crippen LogP contribution in [0.25, 0.3) is 0 Å². The Bertz CT molecular complexity index is 633. The van der Waals surface area contributed by atoms with Crippen LogP contribution in [0, 0.1) is 13.8 Å². The molecule has 0 saturated carbocycles. The lowest BCUT2D eigenvalue weighted by molar-refractivity contribution is 0.435. The van der Waals surface area contributed by atoms with Crippen LogP contribution in [-0.4, -0.2) is 9.97 Å². The molecule has 0 aliphatic carbocycles. The Morgan fingerprint density at radius 3 is 2.50 bits per heavy atom. The largest absolute Gasteiger partial charge is 0.438 e. The monoisotopic (exact) mass is 290 g/mol. The molecule has 2 aromatic rings. The second kappa shape index (κ2) is 5.41. The van der Waals surface area contributed by atoms with E-state index in [4.69, 9.17) is 16.3 Å². The van der Waals surface area contributed by atoms with Crippen molar-refractivity contribution in [3.63, 3.8) is 0 Å². The summed E-state index contributed by atoms with van der Waals surface area (Å²) in [5.41, 5.74) is 3.20. The van der Waals surface area contributed by atoms with Crippen molar-refractivity contribution >= 4 is 11.6 Å². The molecule has 0 saturated heterocycles. The number of benzene rings is 1. The summed E-state index contributed by atoms with van der Waals surface area (Å²) in [5, 5.41) is 0.190. The van der Waals surface area contributed by atoms with Gasteiger partial charge in [0.1, 0.15) is 5.75 Å². The molecule has 0 unspecified atom stereocenters. The molecule has 4 heteroatoms. The van der Waals surface area contributed by atoms with Crippen LogP contribution in [0.4, 0.5) is 0 Å². The predicted molar refractivity (Wildman–Crippen MR) is 81.7 cm³/mol. The highest BCUT2D eigenvalue weighted by molar-refractivity contribution is 6.28. The quantitative estimate of drug-likeness (QED) is 0.743. The molecule has 0 N–H and O–H groups in total. The van der Waals surface area contributed by atoms with Gasteiger partial charge < -0.3 is 4.74 Å². The molecular weight excluding hydrogens is 272 g/mol. The summed E-state index contributed by atoms with van der Waals surface area (Å²) in [6, 6.07) is 6.15. The average molecular weight is 291 g/mol. The summed E-state index contributed by atoms with van der Waals surface area (Å²) >= 11 is 5.84. The first-order valence-corrected chi connectivity index (χ1v) is 6.93. The molecule has 0 spiro atoms. The van der Waals surface area contributed by atoms with E-state index in [0.29, 0.717) is 5.88 Å². The van der Waals surface area contributed by atoms with Gasteiger partial charge in [-0.3, -0.25) is 0 Å². The van der Waals surface area contributed by atoms with Gasteiger partial charge in [-0.1, -0.05) is 38.5 Å². The van der Waals surface area contributed by atoms with Crippen molar-refractivity contribution in [3.05, 3.63) is 46.4 Å². The number of hydrogen-bond acceptors (Lipinski definition) is 3. The van der Waals surface area contributed by atoms with Gasteiger partial charge in [-0.15, -0.1) is 0 Å². The molecule has 0 bridgehead atoms. The van der Waals surface area contributed by atoms with Crippen LogP contribution in [0.3, 0.4) is 0 Å². The molecule has 2 rings (SSSR count). The Morgan fingerprint density at radius 2 is 1.85 bits per heavy atom. The van der Waals surface area contributed by atoms with Gasteiger partial charge in [0, 0.05) is 17.3 Å². The standard InChI is InChI=1S/C16H19ClN2O/c1-10-6-7-13(12(8-10)16(3,4)5)20-14-11(2)9-18-15(17)19-14/h6-9H,1-5H3. The summed E-state index contributed by atoms with van der Waals surface area (Å²) in [7, 11) is 0. The van der Waals surface area contributed by atoms with Crippen LogP contribution in [0.2, 0.25) is 5.28 Å². The lowest BCUT2D eigenvalue weighted by atomic mass is 9.85. The van der Waals surface area contributed by atoms with Gasteiger partial charge in [-0.05, 0) is 36.9 Å². The van der Waals surface area contributed by atoms with Crippen molar-refractivity contribution in [2.24, 2.45) is 0 Å². The van der Waals surface area contributed by atoms with Gasteiger partial charge in [-0.25, -0.2) is 4.98 Å². The lowest BCUT2D eigenvalue weighted by Gasteiger charge is -2.23. The first-order valence-electron chi connectivity index (χ1n) is 6.55. The van der Waals surface area contributed by atoms with Crippen molar-refractivity contribution in [1.82, 2.24) is 9.97 Å². The van der Waals surface area contributed by atoms with E-state index >= 15 is 0 Å². The Labute approximate surface area is 125 Å². The highest BCUT2D eigenvalue weighted by Gasteiger charge is 2.20. The minimum absolute atomic E-state index is 0.00785. The zero-order chi connectivity index (χ0) is 14.9. The maximum atomic E-state index is 5.97. The van der Waals surface area contributed by atoms with Crippen molar-refractivity contribution in [3.8, 4) is 11.6 Å². The van der Waals surface area contributed by atoms with E-state index in [9.17, 15) is 0 Å². The van der Waals surface area contributed by atoms with Gasteiger partial charge >= 0.3 is 0 Å². The van der Waals surface area contributed by atoms with E-state index in [0.717, 1.165) is 16.9 Å². The highest BCUT2D eigenvalue weighted by Crippen LogP contribution is 2.35. The topological polar surface area (TPSA) is 35.0 Å². The Balaban J connectivity index is 2.46. The molecule has 0 fully saturated rings. The second-order valence-electron chi connectivity index (χ2n) is 5.98. The van der Waals surface area contributed by atoms with Crippen LogP contribution >= 0.6 is 11.6 Å². The Kier molecular flexibility index (Phi) is 4.00. The van der Waals surface area contributed by atoms with Gasteiger partial charge in [0.2, 0.25) is 11.2 Å². The molecule has 0 aliphatic rings. The maximum absolute atomic E-state index is 5.97. The van der Waals surface area contributed by atoms with Crippen LogP contribution in [0.15, 0.2) is 24.4 Å². The highest BCUT2D eigenvalue weighted by atomic mass is 35.5. The zero-order valence-corrected chi connectivity index (χ0v) is 13.2. The molecule has 1 heterocycles. The number of aryl methyl sites for hydroxylation is 2. The minimum atomic E-state index is -0.00785.